The predicted octanol–water partition coefficient (Wildman–Crippen LogP) is 4.26. The Balaban J connectivity index is 1.73. The minimum absolute atomic E-state index is 0.221. The van der Waals surface area contributed by atoms with Crippen molar-refractivity contribution in [3.05, 3.63) is 51.6 Å². The van der Waals surface area contributed by atoms with E-state index < -0.39 is 6.04 Å². The minimum atomic E-state index is -0.465. The summed E-state index contributed by atoms with van der Waals surface area (Å²) in [5.74, 6) is 0.340. The van der Waals surface area contributed by atoms with Crippen molar-refractivity contribution in [1.82, 2.24) is 20.4 Å². The van der Waals surface area contributed by atoms with E-state index in [9.17, 15) is 9.18 Å². The van der Waals surface area contributed by atoms with Gasteiger partial charge in [-0.3, -0.25) is 4.79 Å². The van der Waals surface area contributed by atoms with Crippen LogP contribution in [0.3, 0.4) is 0 Å². The molecule has 2 aromatic heterocycles. The number of aryl methyl sites for hydroxylation is 1. The zero-order valence-corrected chi connectivity index (χ0v) is 15.7. The summed E-state index contributed by atoms with van der Waals surface area (Å²) in [4.78, 5) is 21.8. The van der Waals surface area contributed by atoms with Gasteiger partial charge in [-0.1, -0.05) is 19.0 Å². The summed E-state index contributed by atoms with van der Waals surface area (Å²) in [6.07, 6.45) is 0. The van der Waals surface area contributed by atoms with Gasteiger partial charge >= 0.3 is 0 Å². The molecule has 8 heteroatoms. The second-order valence-electron chi connectivity index (χ2n) is 6.28. The first-order valence-electron chi connectivity index (χ1n) is 8.23. The third-order valence-corrected chi connectivity index (χ3v) is 5.23. The molecule has 2 heterocycles. The number of aromatic nitrogens is 3. The molecule has 3 aromatic rings. The standard InChI is InChI=1S/C18H19FN4O2S/c1-9(2)18-21-10(3)14(26-18)16(24)20-11(4)17-22-15(23-25-17)12-5-7-13(19)8-6-12/h5-9,11H,1-4H3,(H,20,24). The van der Waals surface area contributed by atoms with Crippen LogP contribution in [-0.4, -0.2) is 21.0 Å². The highest BCUT2D eigenvalue weighted by atomic mass is 32.1. The third kappa shape index (κ3) is 3.80. The zero-order chi connectivity index (χ0) is 18.8. The second kappa shape index (κ2) is 7.33. The first kappa shape index (κ1) is 18.2. The van der Waals surface area contributed by atoms with Gasteiger partial charge in [0.05, 0.1) is 10.7 Å². The molecule has 0 bridgehead atoms. The van der Waals surface area contributed by atoms with Gasteiger partial charge in [0.25, 0.3) is 5.91 Å². The van der Waals surface area contributed by atoms with Crippen molar-refractivity contribution in [1.29, 1.82) is 0 Å². The Bertz CT molecular complexity index is 918. The molecule has 1 amide bonds. The summed E-state index contributed by atoms with van der Waals surface area (Å²) >= 11 is 1.39. The highest BCUT2D eigenvalue weighted by Crippen LogP contribution is 2.25. The van der Waals surface area contributed by atoms with E-state index in [4.69, 9.17) is 4.52 Å². The summed E-state index contributed by atoms with van der Waals surface area (Å²) in [5, 5.41) is 7.67. The quantitative estimate of drug-likeness (QED) is 0.722. The van der Waals surface area contributed by atoms with Crippen molar-refractivity contribution in [2.75, 3.05) is 0 Å². The van der Waals surface area contributed by atoms with Crippen LogP contribution in [0, 0.1) is 12.7 Å². The Morgan fingerprint density at radius 3 is 2.50 bits per heavy atom. The number of nitrogens with one attached hydrogen (secondary N) is 1. The molecule has 6 nitrogen and oxygen atoms in total. The molecule has 0 aliphatic carbocycles. The van der Waals surface area contributed by atoms with Gasteiger partial charge in [-0.05, 0) is 38.1 Å². The Morgan fingerprint density at radius 2 is 1.88 bits per heavy atom. The van der Waals surface area contributed by atoms with Crippen molar-refractivity contribution in [2.45, 2.75) is 39.7 Å². The smallest absolute Gasteiger partial charge is 0.263 e. The predicted molar refractivity (Wildman–Crippen MR) is 96.5 cm³/mol. The first-order valence-corrected chi connectivity index (χ1v) is 9.04. The SMILES string of the molecule is Cc1nc(C(C)C)sc1C(=O)NC(C)c1nc(-c2ccc(F)cc2)no1. The van der Waals surface area contributed by atoms with Crippen molar-refractivity contribution in [2.24, 2.45) is 0 Å². The second-order valence-corrected chi connectivity index (χ2v) is 7.31. The Hall–Kier alpha value is -2.61. The van der Waals surface area contributed by atoms with Crippen LogP contribution in [-0.2, 0) is 0 Å². The number of rotatable bonds is 5. The van der Waals surface area contributed by atoms with Crippen molar-refractivity contribution in [3.8, 4) is 11.4 Å². The van der Waals surface area contributed by atoms with Gasteiger partial charge in [-0.2, -0.15) is 4.98 Å². The van der Waals surface area contributed by atoms with Crippen molar-refractivity contribution in [3.63, 3.8) is 0 Å². The molecule has 1 N–H and O–H groups in total. The lowest BCUT2D eigenvalue weighted by molar-refractivity contribution is 0.0936. The maximum Gasteiger partial charge on any atom is 0.263 e. The Labute approximate surface area is 154 Å². The summed E-state index contributed by atoms with van der Waals surface area (Å²) in [6.45, 7) is 7.66. The zero-order valence-electron chi connectivity index (χ0n) is 14.9. The van der Waals surface area contributed by atoms with E-state index in [1.807, 2.05) is 20.8 Å². The maximum absolute atomic E-state index is 13.0. The molecule has 0 saturated heterocycles. The fraction of sp³-hybridized carbons (Fsp3) is 0.333. The molecule has 1 unspecified atom stereocenters. The van der Waals surface area contributed by atoms with E-state index in [-0.39, 0.29) is 23.5 Å². The van der Waals surface area contributed by atoms with Crippen LogP contribution >= 0.6 is 11.3 Å². The van der Waals surface area contributed by atoms with Crippen LogP contribution in [0.1, 0.15) is 59.0 Å². The van der Waals surface area contributed by atoms with Gasteiger partial charge in [0.2, 0.25) is 11.7 Å². The lowest BCUT2D eigenvalue weighted by Crippen LogP contribution is -2.26. The molecule has 1 atom stereocenters. The van der Waals surface area contributed by atoms with Crippen molar-refractivity contribution >= 4 is 17.2 Å². The van der Waals surface area contributed by atoms with Gasteiger partial charge < -0.3 is 9.84 Å². The molecular formula is C18H19FN4O2S. The summed E-state index contributed by atoms with van der Waals surface area (Å²) in [5.41, 5.74) is 1.35. The molecule has 26 heavy (non-hydrogen) atoms. The van der Waals surface area contributed by atoms with E-state index >= 15 is 0 Å². The first-order chi connectivity index (χ1) is 12.3. The normalized spacial score (nSPS) is 12.4. The number of amides is 1. The van der Waals surface area contributed by atoms with Gasteiger partial charge in [0.1, 0.15) is 16.7 Å². The van der Waals surface area contributed by atoms with Crippen LogP contribution in [0.25, 0.3) is 11.4 Å². The number of hydrogen-bond acceptors (Lipinski definition) is 6. The fourth-order valence-corrected chi connectivity index (χ4v) is 3.30. The highest BCUT2D eigenvalue weighted by molar-refractivity contribution is 7.13. The van der Waals surface area contributed by atoms with E-state index in [0.717, 1.165) is 5.01 Å². The maximum atomic E-state index is 13.0. The average Bonchev–Trinajstić information content (AvgIpc) is 3.22. The highest BCUT2D eigenvalue weighted by Gasteiger charge is 2.22. The van der Waals surface area contributed by atoms with Crippen LogP contribution < -0.4 is 5.32 Å². The third-order valence-electron chi connectivity index (χ3n) is 3.78. The van der Waals surface area contributed by atoms with E-state index in [1.165, 1.54) is 23.5 Å². The van der Waals surface area contributed by atoms with Crippen molar-refractivity contribution < 1.29 is 13.7 Å². The molecule has 136 valence electrons. The van der Waals surface area contributed by atoms with E-state index in [2.05, 4.69) is 20.4 Å². The molecule has 0 spiro atoms. The van der Waals surface area contributed by atoms with E-state index in [0.29, 0.717) is 22.0 Å². The topological polar surface area (TPSA) is 80.9 Å². The van der Waals surface area contributed by atoms with Gasteiger partial charge in [-0.25, -0.2) is 9.37 Å². The lowest BCUT2D eigenvalue weighted by atomic mass is 10.2. The molecule has 3 rings (SSSR count). The Morgan fingerprint density at radius 1 is 1.19 bits per heavy atom. The largest absolute Gasteiger partial charge is 0.340 e. The number of benzene rings is 1. The average molecular weight is 374 g/mol. The molecule has 0 saturated carbocycles. The number of hydrogen-bond donors (Lipinski definition) is 1. The number of carbonyl (C=O) groups is 1. The molecular weight excluding hydrogens is 355 g/mol. The lowest BCUT2D eigenvalue weighted by Gasteiger charge is -2.08. The monoisotopic (exact) mass is 374 g/mol. The molecule has 0 fully saturated rings. The summed E-state index contributed by atoms with van der Waals surface area (Å²) in [7, 11) is 0. The van der Waals surface area contributed by atoms with E-state index in [1.54, 1.807) is 19.1 Å². The number of thiazole rings is 1. The minimum Gasteiger partial charge on any atom is -0.340 e. The number of carbonyl (C=O) groups excluding carboxylic acids is 1. The van der Waals surface area contributed by atoms with Gasteiger partial charge in [0.15, 0.2) is 0 Å². The number of nitrogens with zero attached hydrogens (tertiary/aromatic N) is 3. The molecule has 0 radical (unpaired) electrons. The molecule has 0 aliphatic heterocycles. The van der Waals surface area contributed by atoms with Gasteiger partial charge in [-0.15, -0.1) is 11.3 Å². The van der Waals surface area contributed by atoms with Crippen LogP contribution in [0.4, 0.5) is 4.39 Å². The summed E-state index contributed by atoms with van der Waals surface area (Å²) in [6, 6.07) is 5.33. The number of halogens is 1. The van der Waals surface area contributed by atoms with Crippen LogP contribution in [0.15, 0.2) is 28.8 Å². The van der Waals surface area contributed by atoms with Crippen LogP contribution in [0.5, 0.6) is 0 Å². The van der Waals surface area contributed by atoms with Gasteiger partial charge in [0, 0.05) is 11.5 Å². The Kier molecular flexibility index (Phi) is 5.13. The summed E-state index contributed by atoms with van der Waals surface area (Å²) < 4.78 is 18.2. The molecule has 1 aromatic carbocycles. The molecule has 0 aliphatic rings. The fourth-order valence-electron chi connectivity index (χ4n) is 2.33. The van der Waals surface area contributed by atoms with Crippen LogP contribution in [0.2, 0.25) is 0 Å².